The minimum atomic E-state index is -0.628. The summed E-state index contributed by atoms with van der Waals surface area (Å²) in [6.07, 6.45) is 0. The van der Waals surface area contributed by atoms with Gasteiger partial charge in [0.15, 0.2) is 5.76 Å². The van der Waals surface area contributed by atoms with E-state index in [1.807, 2.05) is 30.3 Å². The quantitative estimate of drug-likeness (QED) is 0.197. The van der Waals surface area contributed by atoms with E-state index in [1.54, 1.807) is 30.3 Å². The van der Waals surface area contributed by atoms with Gasteiger partial charge in [0, 0.05) is 14.2 Å². The number of benzene rings is 3. The summed E-state index contributed by atoms with van der Waals surface area (Å²) in [5, 5.41) is 0.639. The molecule has 0 atom stereocenters. The molecule has 1 heterocycles. The smallest absolute Gasteiger partial charge is 0.344 e. The molecule has 0 aliphatic rings. The van der Waals surface area contributed by atoms with Gasteiger partial charge in [-0.05, 0) is 63.9 Å². The summed E-state index contributed by atoms with van der Waals surface area (Å²) in [5.74, 6) is -0.589. The zero-order chi connectivity index (χ0) is 23.0. The number of esters is 1. The highest BCUT2D eigenvalue weighted by molar-refractivity contribution is 14.1. The molecular formula is C26H20ClIO4. The number of carbonyl (C=O) groups excluding carboxylic acids is 1. The van der Waals surface area contributed by atoms with E-state index in [-0.39, 0.29) is 22.3 Å². The fourth-order valence-electron chi connectivity index (χ4n) is 3.33. The third kappa shape index (κ3) is 4.45. The van der Waals surface area contributed by atoms with Crippen molar-refractivity contribution in [3.63, 3.8) is 0 Å². The zero-order valence-corrected chi connectivity index (χ0v) is 20.7. The Hall–Kier alpha value is -2.64. The van der Waals surface area contributed by atoms with Crippen LogP contribution in [0.1, 0.15) is 36.7 Å². The van der Waals surface area contributed by atoms with Crippen LogP contribution in [0.5, 0.6) is 5.75 Å². The van der Waals surface area contributed by atoms with E-state index in [0.717, 1.165) is 9.13 Å². The Labute approximate surface area is 204 Å². The van der Waals surface area contributed by atoms with Gasteiger partial charge in [-0.25, -0.2) is 4.79 Å². The molecule has 4 nitrogen and oxygen atoms in total. The van der Waals surface area contributed by atoms with Crippen LogP contribution in [-0.2, 0) is 5.41 Å². The van der Waals surface area contributed by atoms with E-state index >= 15 is 0 Å². The molecule has 0 amide bonds. The maximum Gasteiger partial charge on any atom is 0.344 e. The molecule has 0 saturated carbocycles. The second-order valence-corrected chi connectivity index (χ2v) is 10.0. The topological polar surface area (TPSA) is 56.5 Å². The van der Waals surface area contributed by atoms with Gasteiger partial charge in [-0.2, -0.15) is 0 Å². The summed E-state index contributed by atoms with van der Waals surface area (Å²) in [6, 6.07) is 19.5. The number of fused-ring (bicyclic) bond motifs is 1. The van der Waals surface area contributed by atoms with Crippen molar-refractivity contribution in [1.82, 2.24) is 0 Å². The lowest BCUT2D eigenvalue weighted by Crippen LogP contribution is -2.17. The van der Waals surface area contributed by atoms with E-state index in [4.69, 9.17) is 20.8 Å². The molecular weight excluding hydrogens is 539 g/mol. The van der Waals surface area contributed by atoms with Crippen molar-refractivity contribution in [3.05, 3.63) is 96.7 Å². The van der Waals surface area contributed by atoms with Crippen LogP contribution < -0.4 is 10.2 Å². The maximum atomic E-state index is 13.4. The molecule has 0 radical (unpaired) electrons. The van der Waals surface area contributed by atoms with Crippen LogP contribution in [0.2, 0.25) is 5.02 Å². The zero-order valence-electron chi connectivity index (χ0n) is 17.7. The molecule has 0 fully saturated rings. The Morgan fingerprint density at radius 3 is 2.34 bits per heavy atom. The standard InChI is InChI=1S/C26H20ClIO4/c1-26(2,3)16-10-8-15(9-11-16)23-24(32-25(30)18-6-4-5-7-20(18)28)22(29)19-14-17(27)12-13-21(19)31-23/h4-14H,1-3H3. The Morgan fingerprint density at radius 1 is 1.00 bits per heavy atom. The van der Waals surface area contributed by atoms with Gasteiger partial charge >= 0.3 is 5.97 Å². The number of carbonyl (C=O) groups is 1. The van der Waals surface area contributed by atoms with Crippen molar-refractivity contribution >= 4 is 51.1 Å². The average molecular weight is 559 g/mol. The molecule has 0 saturated heterocycles. The summed E-state index contributed by atoms with van der Waals surface area (Å²) in [7, 11) is 0. The van der Waals surface area contributed by atoms with Gasteiger partial charge in [0.1, 0.15) is 5.58 Å². The van der Waals surface area contributed by atoms with Gasteiger partial charge < -0.3 is 9.15 Å². The van der Waals surface area contributed by atoms with Crippen molar-refractivity contribution in [3.8, 4) is 17.1 Å². The van der Waals surface area contributed by atoms with Crippen molar-refractivity contribution in [2.45, 2.75) is 26.2 Å². The first kappa shape index (κ1) is 22.6. The number of hydrogen-bond acceptors (Lipinski definition) is 4. The van der Waals surface area contributed by atoms with E-state index in [1.165, 1.54) is 6.07 Å². The predicted octanol–water partition coefficient (Wildman–Crippen LogP) is 7.23. The highest BCUT2D eigenvalue weighted by atomic mass is 127. The minimum absolute atomic E-state index is 0.0290. The highest BCUT2D eigenvalue weighted by Crippen LogP contribution is 2.34. The summed E-state index contributed by atoms with van der Waals surface area (Å²) < 4.78 is 12.4. The lowest BCUT2D eigenvalue weighted by Gasteiger charge is -2.19. The Kier molecular flexibility index (Phi) is 6.14. The van der Waals surface area contributed by atoms with Crippen LogP contribution in [0, 0.1) is 3.57 Å². The van der Waals surface area contributed by atoms with E-state index in [2.05, 4.69) is 43.4 Å². The van der Waals surface area contributed by atoms with Crippen molar-refractivity contribution in [2.75, 3.05) is 0 Å². The van der Waals surface area contributed by atoms with Gasteiger partial charge in [-0.3, -0.25) is 4.79 Å². The van der Waals surface area contributed by atoms with Crippen molar-refractivity contribution in [1.29, 1.82) is 0 Å². The molecule has 4 aromatic rings. The fourth-order valence-corrected chi connectivity index (χ4v) is 4.11. The van der Waals surface area contributed by atoms with Crippen LogP contribution in [0.3, 0.4) is 0 Å². The van der Waals surface area contributed by atoms with E-state index in [9.17, 15) is 9.59 Å². The van der Waals surface area contributed by atoms with Crippen LogP contribution in [-0.4, -0.2) is 5.97 Å². The lowest BCUT2D eigenvalue weighted by atomic mass is 9.86. The van der Waals surface area contributed by atoms with Crippen molar-refractivity contribution in [2.24, 2.45) is 0 Å². The number of ether oxygens (including phenoxy) is 1. The Morgan fingerprint density at radius 2 is 1.69 bits per heavy atom. The molecule has 0 N–H and O–H groups in total. The lowest BCUT2D eigenvalue weighted by molar-refractivity contribution is 0.0730. The van der Waals surface area contributed by atoms with Gasteiger partial charge in [-0.1, -0.05) is 68.8 Å². The van der Waals surface area contributed by atoms with Crippen LogP contribution in [0.15, 0.2) is 75.9 Å². The molecule has 4 rings (SSSR count). The molecule has 0 spiro atoms. The SMILES string of the molecule is CC(C)(C)c1ccc(-c2oc3ccc(Cl)cc3c(=O)c2OC(=O)c2ccccc2I)cc1. The third-order valence-electron chi connectivity index (χ3n) is 5.11. The molecule has 0 aliphatic heterocycles. The molecule has 32 heavy (non-hydrogen) atoms. The number of hydrogen-bond donors (Lipinski definition) is 0. The first-order valence-electron chi connectivity index (χ1n) is 9.99. The Bertz CT molecular complexity index is 1380. The van der Waals surface area contributed by atoms with Gasteiger partial charge in [0.25, 0.3) is 0 Å². The minimum Gasteiger partial charge on any atom is -0.452 e. The Balaban J connectivity index is 1.89. The van der Waals surface area contributed by atoms with Crippen LogP contribution in [0.4, 0.5) is 0 Å². The number of halogens is 2. The van der Waals surface area contributed by atoms with Gasteiger partial charge in [-0.15, -0.1) is 0 Å². The third-order valence-corrected chi connectivity index (χ3v) is 6.29. The monoisotopic (exact) mass is 558 g/mol. The molecule has 6 heteroatoms. The molecule has 3 aromatic carbocycles. The summed E-state index contributed by atoms with van der Waals surface area (Å²) >= 11 is 8.15. The second-order valence-electron chi connectivity index (χ2n) is 8.43. The largest absolute Gasteiger partial charge is 0.452 e. The number of rotatable bonds is 3. The molecule has 0 aliphatic carbocycles. The average Bonchev–Trinajstić information content (AvgIpc) is 2.75. The first-order chi connectivity index (χ1) is 15.1. The molecule has 0 unspecified atom stereocenters. The maximum absolute atomic E-state index is 13.4. The van der Waals surface area contributed by atoms with Crippen LogP contribution >= 0.6 is 34.2 Å². The summed E-state index contributed by atoms with van der Waals surface area (Å²) in [4.78, 5) is 26.3. The molecule has 0 bridgehead atoms. The van der Waals surface area contributed by atoms with Crippen LogP contribution in [0.25, 0.3) is 22.3 Å². The second kappa shape index (κ2) is 8.71. The van der Waals surface area contributed by atoms with Gasteiger partial charge in [0.05, 0.1) is 10.9 Å². The first-order valence-corrected chi connectivity index (χ1v) is 11.4. The van der Waals surface area contributed by atoms with E-state index < -0.39 is 11.4 Å². The summed E-state index contributed by atoms with van der Waals surface area (Å²) in [5.41, 5.74) is 2.02. The summed E-state index contributed by atoms with van der Waals surface area (Å²) in [6.45, 7) is 6.36. The fraction of sp³-hybridized carbons (Fsp3) is 0.154. The van der Waals surface area contributed by atoms with Gasteiger partial charge in [0.2, 0.25) is 11.2 Å². The predicted molar refractivity (Wildman–Crippen MR) is 136 cm³/mol. The van der Waals surface area contributed by atoms with E-state index in [0.29, 0.717) is 21.7 Å². The highest BCUT2D eigenvalue weighted by Gasteiger charge is 2.23. The molecule has 162 valence electrons. The normalized spacial score (nSPS) is 11.5. The van der Waals surface area contributed by atoms with Crippen molar-refractivity contribution < 1.29 is 13.9 Å². The molecule has 1 aromatic heterocycles.